The standard InChI is InChI=1S/C24H30F3N5O2/c1-15(2)30-21(17-5-7-18(8-6-17)34-24(25,26)27)23(33)32-12-10-31(11-13-32)22-20-16(3)4-9-19(20)28-14-29-22/h5-8,14-16,21,30H,4,9-13H2,1-3H3/t16-,21?/m1/s1. The van der Waals surface area contributed by atoms with Crippen molar-refractivity contribution in [1.29, 1.82) is 0 Å². The van der Waals surface area contributed by atoms with Crippen LogP contribution in [0.4, 0.5) is 19.0 Å². The van der Waals surface area contributed by atoms with Crippen LogP contribution in [0, 0.1) is 0 Å². The molecule has 4 rings (SSSR count). The van der Waals surface area contributed by atoms with Crippen LogP contribution >= 0.6 is 0 Å². The van der Waals surface area contributed by atoms with Gasteiger partial charge in [-0.1, -0.05) is 19.1 Å². The number of aryl methyl sites for hydroxylation is 1. The quantitative estimate of drug-likeness (QED) is 0.682. The highest BCUT2D eigenvalue weighted by Gasteiger charge is 2.33. The number of alkyl halides is 3. The lowest BCUT2D eigenvalue weighted by atomic mass is 10.0. The van der Waals surface area contributed by atoms with E-state index in [2.05, 4.69) is 31.8 Å². The smallest absolute Gasteiger partial charge is 0.406 e. The lowest BCUT2D eigenvalue weighted by Crippen LogP contribution is -2.52. The van der Waals surface area contributed by atoms with Crippen LogP contribution in [0.25, 0.3) is 0 Å². The molecule has 1 N–H and O–H groups in total. The van der Waals surface area contributed by atoms with E-state index in [0.29, 0.717) is 37.7 Å². The van der Waals surface area contributed by atoms with Gasteiger partial charge in [-0.2, -0.15) is 0 Å². The van der Waals surface area contributed by atoms with Crippen LogP contribution in [0.5, 0.6) is 5.75 Å². The highest BCUT2D eigenvalue weighted by molar-refractivity contribution is 5.83. The Bertz CT molecular complexity index is 1000. The van der Waals surface area contributed by atoms with E-state index in [0.717, 1.165) is 24.4 Å². The summed E-state index contributed by atoms with van der Waals surface area (Å²) >= 11 is 0. The van der Waals surface area contributed by atoms with Crippen molar-refractivity contribution in [3.63, 3.8) is 0 Å². The second-order valence-electron chi connectivity index (χ2n) is 9.18. The molecule has 2 aromatic rings. The lowest BCUT2D eigenvalue weighted by molar-refractivity contribution is -0.274. The summed E-state index contributed by atoms with van der Waals surface area (Å²) in [5, 5.41) is 3.26. The first-order valence-corrected chi connectivity index (χ1v) is 11.6. The Labute approximate surface area is 197 Å². The lowest BCUT2D eigenvalue weighted by Gasteiger charge is -2.38. The number of hydrogen-bond acceptors (Lipinski definition) is 6. The number of halogens is 3. The van der Waals surface area contributed by atoms with E-state index in [4.69, 9.17) is 0 Å². The molecule has 1 aromatic heterocycles. The molecule has 0 spiro atoms. The number of amides is 1. The number of nitrogens with one attached hydrogen (secondary N) is 1. The summed E-state index contributed by atoms with van der Waals surface area (Å²) in [5.74, 6) is 0.986. The molecule has 2 atom stereocenters. The maximum Gasteiger partial charge on any atom is 0.573 e. The maximum atomic E-state index is 13.4. The molecule has 10 heteroatoms. The summed E-state index contributed by atoms with van der Waals surface area (Å²) in [5.41, 5.74) is 2.94. The number of benzene rings is 1. The first kappa shape index (κ1) is 24.3. The van der Waals surface area contributed by atoms with E-state index >= 15 is 0 Å². The summed E-state index contributed by atoms with van der Waals surface area (Å²) in [6.45, 7) is 8.45. The van der Waals surface area contributed by atoms with Crippen LogP contribution in [0.3, 0.4) is 0 Å². The van der Waals surface area contributed by atoms with Crippen molar-refractivity contribution < 1.29 is 22.7 Å². The average molecular weight is 478 g/mol. The zero-order valence-corrected chi connectivity index (χ0v) is 19.6. The van der Waals surface area contributed by atoms with Gasteiger partial charge in [0, 0.05) is 43.5 Å². The molecule has 1 saturated heterocycles. The fraction of sp³-hybridized carbons (Fsp3) is 0.542. The fourth-order valence-corrected chi connectivity index (χ4v) is 4.70. The van der Waals surface area contributed by atoms with Crippen molar-refractivity contribution in [2.75, 3.05) is 31.1 Å². The minimum atomic E-state index is -4.76. The van der Waals surface area contributed by atoms with Crippen molar-refractivity contribution in [3.05, 3.63) is 47.4 Å². The third-order valence-corrected chi connectivity index (χ3v) is 6.34. The van der Waals surface area contributed by atoms with Gasteiger partial charge in [-0.05, 0) is 50.3 Å². The first-order valence-electron chi connectivity index (χ1n) is 11.6. The van der Waals surface area contributed by atoms with Gasteiger partial charge in [0.25, 0.3) is 0 Å². The number of hydrogen-bond donors (Lipinski definition) is 1. The molecule has 7 nitrogen and oxygen atoms in total. The number of fused-ring (bicyclic) bond motifs is 1. The van der Waals surface area contributed by atoms with Crippen LogP contribution in [0.2, 0.25) is 0 Å². The van der Waals surface area contributed by atoms with Crippen LogP contribution in [0.15, 0.2) is 30.6 Å². The van der Waals surface area contributed by atoms with Gasteiger partial charge in [-0.25, -0.2) is 9.97 Å². The van der Waals surface area contributed by atoms with Gasteiger partial charge >= 0.3 is 6.36 Å². The molecule has 2 heterocycles. The molecule has 1 amide bonds. The molecule has 1 aliphatic heterocycles. The Morgan fingerprint density at radius 1 is 1.12 bits per heavy atom. The summed E-state index contributed by atoms with van der Waals surface area (Å²) in [4.78, 5) is 26.5. The molecule has 0 saturated carbocycles. The zero-order valence-electron chi connectivity index (χ0n) is 19.6. The third kappa shape index (κ3) is 5.43. The van der Waals surface area contributed by atoms with Crippen molar-refractivity contribution in [2.24, 2.45) is 0 Å². The van der Waals surface area contributed by atoms with E-state index in [1.807, 2.05) is 18.7 Å². The van der Waals surface area contributed by atoms with Gasteiger partial charge in [-0.15, -0.1) is 13.2 Å². The average Bonchev–Trinajstić information content (AvgIpc) is 3.18. The van der Waals surface area contributed by atoms with Crippen LogP contribution in [-0.2, 0) is 11.2 Å². The molecule has 1 fully saturated rings. The number of carbonyl (C=O) groups excluding carboxylic acids is 1. The Balaban J connectivity index is 1.45. The Morgan fingerprint density at radius 3 is 2.41 bits per heavy atom. The Morgan fingerprint density at radius 2 is 1.79 bits per heavy atom. The monoisotopic (exact) mass is 477 g/mol. The molecule has 0 bridgehead atoms. The third-order valence-electron chi connectivity index (χ3n) is 6.34. The number of piperazine rings is 1. The first-order chi connectivity index (χ1) is 16.1. The zero-order chi connectivity index (χ0) is 24.5. The van der Waals surface area contributed by atoms with Crippen LogP contribution < -0.4 is 15.0 Å². The predicted octanol–water partition coefficient (Wildman–Crippen LogP) is 3.81. The molecule has 184 valence electrons. The summed E-state index contributed by atoms with van der Waals surface area (Å²) < 4.78 is 41.4. The molecule has 1 aliphatic carbocycles. The van der Waals surface area contributed by atoms with E-state index in [1.165, 1.54) is 29.8 Å². The van der Waals surface area contributed by atoms with Crippen LogP contribution in [0.1, 0.15) is 56.0 Å². The fourth-order valence-electron chi connectivity index (χ4n) is 4.70. The van der Waals surface area contributed by atoms with Gasteiger partial charge < -0.3 is 14.5 Å². The van der Waals surface area contributed by atoms with Crippen LogP contribution in [-0.4, -0.2) is 59.4 Å². The highest BCUT2D eigenvalue weighted by atomic mass is 19.4. The topological polar surface area (TPSA) is 70.6 Å². The van der Waals surface area contributed by atoms with E-state index in [9.17, 15) is 18.0 Å². The van der Waals surface area contributed by atoms with E-state index < -0.39 is 12.4 Å². The minimum absolute atomic E-state index is 0.00596. The maximum absolute atomic E-state index is 13.4. The molecular formula is C24H30F3N5O2. The van der Waals surface area contributed by atoms with Gasteiger partial charge in [-0.3, -0.25) is 10.1 Å². The van der Waals surface area contributed by atoms with Gasteiger partial charge in [0.05, 0.1) is 0 Å². The van der Waals surface area contributed by atoms with Gasteiger partial charge in [0.1, 0.15) is 23.9 Å². The Hall–Kier alpha value is -2.88. The highest BCUT2D eigenvalue weighted by Crippen LogP contribution is 2.37. The number of ether oxygens (including phenoxy) is 1. The number of aromatic nitrogens is 2. The van der Waals surface area contributed by atoms with E-state index in [1.54, 1.807) is 6.33 Å². The summed E-state index contributed by atoms with van der Waals surface area (Å²) in [6, 6.07) is 4.82. The largest absolute Gasteiger partial charge is 0.573 e. The number of nitrogens with zero attached hydrogens (tertiary/aromatic N) is 4. The molecule has 34 heavy (non-hydrogen) atoms. The second-order valence-corrected chi connectivity index (χ2v) is 9.18. The molecule has 0 radical (unpaired) electrons. The predicted molar refractivity (Wildman–Crippen MR) is 122 cm³/mol. The number of anilines is 1. The normalized spacial score (nSPS) is 19.3. The second kappa shape index (κ2) is 9.77. The molecule has 1 aromatic carbocycles. The minimum Gasteiger partial charge on any atom is -0.406 e. The van der Waals surface area contributed by atoms with Gasteiger partial charge in [0.15, 0.2) is 0 Å². The van der Waals surface area contributed by atoms with Crippen molar-refractivity contribution in [2.45, 2.75) is 58.0 Å². The van der Waals surface area contributed by atoms with Crippen molar-refractivity contribution >= 4 is 11.7 Å². The molecule has 2 aliphatic rings. The summed E-state index contributed by atoms with van der Waals surface area (Å²) in [7, 11) is 0. The summed E-state index contributed by atoms with van der Waals surface area (Å²) in [6.07, 6.45) is -1.08. The Kier molecular flexibility index (Phi) is 6.97. The van der Waals surface area contributed by atoms with Crippen molar-refractivity contribution in [1.82, 2.24) is 20.2 Å². The molecule has 1 unspecified atom stereocenters. The van der Waals surface area contributed by atoms with E-state index in [-0.39, 0.29) is 17.7 Å². The number of carbonyl (C=O) groups is 1. The van der Waals surface area contributed by atoms with Crippen molar-refractivity contribution in [3.8, 4) is 5.75 Å². The SMILES string of the molecule is CC(C)NC(C(=O)N1CCN(c2ncnc3c2[C@H](C)CC3)CC1)c1ccc(OC(F)(F)F)cc1. The number of rotatable bonds is 6. The molecular weight excluding hydrogens is 447 g/mol. The van der Waals surface area contributed by atoms with Gasteiger partial charge in [0.2, 0.25) is 5.91 Å².